The monoisotopic (exact) mass is 262 g/mol. The molecular weight excluding hydrogens is 248 g/mol. The molecule has 0 spiro atoms. The fourth-order valence-electron chi connectivity index (χ4n) is 1.66. The molecule has 2 heterocycles. The predicted molar refractivity (Wildman–Crippen MR) is 61.6 cm³/mol. The topological polar surface area (TPSA) is 83.6 Å². The van der Waals surface area contributed by atoms with Crippen molar-refractivity contribution >= 4 is 21.4 Å². The standard InChI is InChI=1S/C9H14N2O3S2/c10-5-8-1-2-9(15-8)16(13,14)11-4-3-7(12)6-11/h1-2,7,12H,3-6,10H2. The number of rotatable bonds is 3. The molecule has 0 aromatic carbocycles. The van der Waals surface area contributed by atoms with E-state index in [2.05, 4.69) is 0 Å². The zero-order chi connectivity index (χ0) is 11.8. The van der Waals surface area contributed by atoms with Gasteiger partial charge in [0.1, 0.15) is 4.21 Å². The van der Waals surface area contributed by atoms with Crippen molar-refractivity contribution in [3.05, 3.63) is 17.0 Å². The molecule has 1 saturated heterocycles. The van der Waals surface area contributed by atoms with Gasteiger partial charge in [0.2, 0.25) is 0 Å². The van der Waals surface area contributed by atoms with Crippen LogP contribution in [-0.2, 0) is 16.6 Å². The summed E-state index contributed by atoms with van der Waals surface area (Å²) in [5.41, 5.74) is 5.44. The van der Waals surface area contributed by atoms with Gasteiger partial charge in [-0.3, -0.25) is 0 Å². The van der Waals surface area contributed by atoms with Crippen LogP contribution >= 0.6 is 11.3 Å². The van der Waals surface area contributed by atoms with Gasteiger partial charge in [0.25, 0.3) is 10.0 Å². The highest BCUT2D eigenvalue weighted by Crippen LogP contribution is 2.27. The molecule has 1 aromatic rings. The third-order valence-corrected chi connectivity index (χ3v) is 6.00. The highest BCUT2D eigenvalue weighted by molar-refractivity contribution is 7.91. The van der Waals surface area contributed by atoms with Gasteiger partial charge in [-0.25, -0.2) is 8.42 Å². The summed E-state index contributed by atoms with van der Waals surface area (Å²) in [7, 11) is -3.42. The quantitative estimate of drug-likeness (QED) is 0.801. The van der Waals surface area contributed by atoms with Crippen LogP contribution in [0, 0.1) is 0 Å². The van der Waals surface area contributed by atoms with Crippen LogP contribution in [0.2, 0.25) is 0 Å². The first kappa shape index (κ1) is 12.0. The Morgan fingerprint density at radius 3 is 2.81 bits per heavy atom. The van der Waals surface area contributed by atoms with Crippen LogP contribution in [-0.4, -0.2) is 37.0 Å². The number of hydrogen-bond acceptors (Lipinski definition) is 5. The van der Waals surface area contributed by atoms with Crippen LogP contribution in [0.25, 0.3) is 0 Å². The summed E-state index contributed by atoms with van der Waals surface area (Å²) in [4.78, 5) is 0.846. The molecule has 1 unspecified atom stereocenters. The van der Waals surface area contributed by atoms with Crippen molar-refractivity contribution in [1.82, 2.24) is 4.31 Å². The molecule has 1 aliphatic rings. The Morgan fingerprint density at radius 2 is 2.31 bits per heavy atom. The van der Waals surface area contributed by atoms with Crippen LogP contribution in [0.15, 0.2) is 16.3 Å². The van der Waals surface area contributed by atoms with Gasteiger partial charge in [-0.05, 0) is 18.6 Å². The molecule has 3 N–H and O–H groups in total. The lowest BCUT2D eigenvalue weighted by molar-refractivity contribution is 0.189. The lowest BCUT2D eigenvalue weighted by Gasteiger charge is -2.13. The summed E-state index contributed by atoms with van der Waals surface area (Å²) in [6.07, 6.45) is -0.0299. The summed E-state index contributed by atoms with van der Waals surface area (Å²) in [5.74, 6) is 0. The van der Waals surface area contributed by atoms with Crippen molar-refractivity contribution in [2.75, 3.05) is 13.1 Å². The number of sulfonamides is 1. The number of thiophene rings is 1. The smallest absolute Gasteiger partial charge is 0.252 e. The Morgan fingerprint density at radius 1 is 1.56 bits per heavy atom. The average molecular weight is 262 g/mol. The second-order valence-corrected chi connectivity index (χ2v) is 7.06. The number of aliphatic hydroxyl groups excluding tert-OH is 1. The van der Waals surface area contributed by atoms with E-state index in [0.29, 0.717) is 23.7 Å². The molecule has 0 bridgehead atoms. The zero-order valence-electron chi connectivity index (χ0n) is 8.67. The van der Waals surface area contributed by atoms with Gasteiger partial charge < -0.3 is 10.8 Å². The molecule has 5 nitrogen and oxygen atoms in total. The lowest BCUT2D eigenvalue weighted by atomic mass is 10.3. The van der Waals surface area contributed by atoms with Crippen LogP contribution in [0.5, 0.6) is 0 Å². The van der Waals surface area contributed by atoms with Crippen molar-refractivity contribution in [1.29, 1.82) is 0 Å². The fraction of sp³-hybridized carbons (Fsp3) is 0.556. The Hall–Kier alpha value is -0.470. The van der Waals surface area contributed by atoms with E-state index in [4.69, 9.17) is 5.73 Å². The van der Waals surface area contributed by atoms with E-state index in [0.717, 1.165) is 4.88 Å². The minimum absolute atomic E-state index is 0.193. The van der Waals surface area contributed by atoms with Crippen molar-refractivity contribution in [2.24, 2.45) is 5.73 Å². The summed E-state index contributed by atoms with van der Waals surface area (Å²) in [6.45, 7) is 0.931. The molecule has 0 saturated carbocycles. The fourth-order valence-corrected chi connectivity index (χ4v) is 4.54. The Kier molecular flexibility index (Phi) is 3.32. The van der Waals surface area contributed by atoms with Gasteiger partial charge in [-0.1, -0.05) is 0 Å². The Balaban J connectivity index is 2.25. The molecule has 1 aromatic heterocycles. The maximum absolute atomic E-state index is 12.1. The molecule has 1 atom stereocenters. The van der Waals surface area contributed by atoms with E-state index in [1.54, 1.807) is 12.1 Å². The molecule has 16 heavy (non-hydrogen) atoms. The predicted octanol–water partition coefficient (Wildman–Crippen LogP) is -0.0379. The van der Waals surface area contributed by atoms with Crippen LogP contribution in [0.3, 0.4) is 0 Å². The van der Waals surface area contributed by atoms with Gasteiger partial charge in [-0.15, -0.1) is 11.3 Å². The van der Waals surface area contributed by atoms with E-state index < -0.39 is 16.1 Å². The summed E-state index contributed by atoms with van der Waals surface area (Å²) >= 11 is 1.19. The van der Waals surface area contributed by atoms with Gasteiger partial charge in [-0.2, -0.15) is 4.31 Å². The van der Waals surface area contributed by atoms with Crippen molar-refractivity contribution in [2.45, 2.75) is 23.3 Å². The Labute approximate surface area is 98.5 Å². The normalized spacial score (nSPS) is 22.8. The second-order valence-electron chi connectivity index (χ2n) is 3.73. The van der Waals surface area contributed by atoms with Crippen molar-refractivity contribution < 1.29 is 13.5 Å². The number of β-amino-alcohol motifs (C(OH)–C–C–N with tert-alkyl or cyclic N) is 1. The van der Waals surface area contributed by atoms with Crippen LogP contribution in [0.4, 0.5) is 0 Å². The molecule has 0 radical (unpaired) electrons. The minimum Gasteiger partial charge on any atom is -0.392 e. The average Bonchev–Trinajstić information content (AvgIpc) is 2.85. The van der Waals surface area contributed by atoms with E-state index in [1.807, 2.05) is 0 Å². The second kappa shape index (κ2) is 4.42. The first-order valence-corrected chi connectivity index (χ1v) is 7.26. The SMILES string of the molecule is NCc1ccc(S(=O)(=O)N2CCC(O)C2)s1. The molecule has 90 valence electrons. The molecular formula is C9H14N2O3S2. The third-order valence-electron chi connectivity index (χ3n) is 2.56. The van der Waals surface area contributed by atoms with Gasteiger partial charge in [0.15, 0.2) is 0 Å². The minimum atomic E-state index is -3.42. The number of nitrogens with two attached hydrogens (primary N) is 1. The maximum Gasteiger partial charge on any atom is 0.252 e. The van der Waals surface area contributed by atoms with Crippen LogP contribution in [0.1, 0.15) is 11.3 Å². The van der Waals surface area contributed by atoms with Gasteiger partial charge in [0, 0.05) is 24.5 Å². The molecule has 1 fully saturated rings. The van der Waals surface area contributed by atoms with E-state index in [1.165, 1.54) is 15.6 Å². The highest BCUT2D eigenvalue weighted by Gasteiger charge is 2.32. The number of nitrogens with zero attached hydrogens (tertiary/aromatic N) is 1. The van der Waals surface area contributed by atoms with Crippen molar-refractivity contribution in [3.8, 4) is 0 Å². The first-order valence-electron chi connectivity index (χ1n) is 5.01. The third kappa shape index (κ3) is 2.14. The Bertz CT molecular complexity index is 469. The van der Waals surface area contributed by atoms with Crippen molar-refractivity contribution in [3.63, 3.8) is 0 Å². The van der Waals surface area contributed by atoms with Gasteiger partial charge in [0.05, 0.1) is 6.10 Å². The van der Waals surface area contributed by atoms with E-state index >= 15 is 0 Å². The lowest BCUT2D eigenvalue weighted by Crippen LogP contribution is -2.29. The summed E-state index contributed by atoms with van der Waals surface area (Å²) in [6, 6.07) is 3.30. The first-order chi connectivity index (χ1) is 7.54. The maximum atomic E-state index is 12.1. The highest BCUT2D eigenvalue weighted by atomic mass is 32.2. The molecule has 7 heteroatoms. The number of hydrogen-bond donors (Lipinski definition) is 2. The molecule has 2 rings (SSSR count). The zero-order valence-corrected chi connectivity index (χ0v) is 10.3. The number of aliphatic hydroxyl groups is 1. The van der Waals surface area contributed by atoms with Gasteiger partial charge >= 0.3 is 0 Å². The molecule has 1 aliphatic heterocycles. The van der Waals surface area contributed by atoms with Crippen LogP contribution < -0.4 is 5.73 Å². The summed E-state index contributed by atoms with van der Waals surface area (Å²) < 4.78 is 25.8. The summed E-state index contributed by atoms with van der Waals surface area (Å²) in [5, 5.41) is 9.34. The van der Waals surface area contributed by atoms with E-state index in [-0.39, 0.29) is 6.54 Å². The molecule has 0 aliphatic carbocycles. The van der Waals surface area contributed by atoms with E-state index in [9.17, 15) is 13.5 Å². The molecule has 0 amide bonds. The largest absolute Gasteiger partial charge is 0.392 e.